The van der Waals surface area contributed by atoms with Gasteiger partial charge in [0.05, 0.1) is 5.92 Å². The van der Waals surface area contributed by atoms with Crippen LogP contribution in [0.1, 0.15) is 58.8 Å². The van der Waals surface area contributed by atoms with E-state index >= 15 is 0 Å². The van der Waals surface area contributed by atoms with Crippen molar-refractivity contribution < 1.29 is 14.7 Å². The molecule has 1 fully saturated rings. The lowest BCUT2D eigenvalue weighted by molar-refractivity contribution is -0.142. The Morgan fingerprint density at radius 3 is 2.68 bits per heavy atom. The second-order valence-corrected chi connectivity index (χ2v) is 5.97. The maximum Gasteiger partial charge on any atom is 0.308 e. The zero-order valence-corrected chi connectivity index (χ0v) is 12.2. The maximum absolute atomic E-state index is 11.8. The van der Waals surface area contributed by atoms with Crippen LogP contribution in [0.5, 0.6) is 0 Å². The van der Waals surface area contributed by atoms with Crippen LogP contribution in [-0.2, 0) is 9.59 Å². The van der Waals surface area contributed by atoms with E-state index in [1.165, 1.54) is 12.8 Å². The molecule has 0 aromatic carbocycles. The van der Waals surface area contributed by atoms with Crippen LogP contribution in [0.25, 0.3) is 0 Å². The first-order valence-corrected chi connectivity index (χ1v) is 7.52. The molecule has 0 radical (unpaired) electrons. The van der Waals surface area contributed by atoms with Gasteiger partial charge in [-0.2, -0.15) is 0 Å². The summed E-state index contributed by atoms with van der Waals surface area (Å²) in [5, 5.41) is 11.8. The molecule has 4 heteroatoms. The van der Waals surface area contributed by atoms with E-state index in [0.717, 1.165) is 25.2 Å². The van der Waals surface area contributed by atoms with Gasteiger partial charge in [-0.15, -0.1) is 0 Å². The van der Waals surface area contributed by atoms with E-state index < -0.39 is 11.9 Å². The van der Waals surface area contributed by atoms with Crippen LogP contribution in [0.15, 0.2) is 0 Å². The predicted octanol–water partition coefficient (Wildman–Crippen LogP) is 2.82. The molecule has 0 aromatic rings. The number of rotatable bonds is 7. The van der Waals surface area contributed by atoms with E-state index in [-0.39, 0.29) is 12.5 Å². The highest BCUT2D eigenvalue weighted by Gasteiger charge is 2.22. The first kappa shape index (κ1) is 16.0. The third-order valence-corrected chi connectivity index (χ3v) is 4.05. The monoisotopic (exact) mass is 269 g/mol. The molecule has 19 heavy (non-hydrogen) atoms. The summed E-state index contributed by atoms with van der Waals surface area (Å²) in [4.78, 5) is 22.8. The standard InChI is InChI=1S/C15H27NO3/c1-3-5-13(15(18)19)10-16-14(17)9-12-7-4-6-11(2)8-12/h11-13H,3-10H2,1-2H3,(H,16,17)(H,18,19). The Morgan fingerprint density at radius 1 is 1.37 bits per heavy atom. The largest absolute Gasteiger partial charge is 0.481 e. The van der Waals surface area contributed by atoms with Crippen molar-refractivity contribution in [3.05, 3.63) is 0 Å². The number of carboxylic acids is 1. The second-order valence-electron chi connectivity index (χ2n) is 5.97. The molecular formula is C15H27NO3. The minimum atomic E-state index is -0.812. The summed E-state index contributed by atoms with van der Waals surface area (Å²) in [5.74, 6) is -0.0364. The molecule has 4 nitrogen and oxygen atoms in total. The molecular weight excluding hydrogens is 242 g/mol. The number of hydrogen-bond acceptors (Lipinski definition) is 2. The van der Waals surface area contributed by atoms with Crippen molar-refractivity contribution in [1.82, 2.24) is 5.32 Å². The molecule has 0 aliphatic heterocycles. The average molecular weight is 269 g/mol. The number of carbonyl (C=O) groups is 2. The zero-order chi connectivity index (χ0) is 14.3. The van der Waals surface area contributed by atoms with Crippen molar-refractivity contribution in [3.63, 3.8) is 0 Å². The van der Waals surface area contributed by atoms with Gasteiger partial charge in [0.15, 0.2) is 0 Å². The molecule has 0 spiro atoms. The molecule has 0 aromatic heterocycles. The number of amides is 1. The highest BCUT2D eigenvalue weighted by atomic mass is 16.4. The van der Waals surface area contributed by atoms with Crippen LogP contribution in [0, 0.1) is 17.8 Å². The summed E-state index contributed by atoms with van der Waals surface area (Å²) < 4.78 is 0. The number of carboxylic acid groups (broad SMARTS) is 1. The Balaban J connectivity index is 2.28. The summed E-state index contributed by atoms with van der Waals surface area (Å²) in [6, 6.07) is 0. The third-order valence-electron chi connectivity index (χ3n) is 4.05. The van der Waals surface area contributed by atoms with Gasteiger partial charge >= 0.3 is 5.97 Å². The summed E-state index contributed by atoms with van der Waals surface area (Å²) in [7, 11) is 0. The van der Waals surface area contributed by atoms with Crippen LogP contribution in [0.4, 0.5) is 0 Å². The molecule has 0 heterocycles. The molecule has 3 unspecified atom stereocenters. The molecule has 1 saturated carbocycles. The molecule has 1 aliphatic rings. The van der Waals surface area contributed by atoms with Crippen molar-refractivity contribution in [2.24, 2.45) is 17.8 Å². The average Bonchev–Trinajstić information content (AvgIpc) is 2.34. The summed E-state index contributed by atoms with van der Waals surface area (Å²) >= 11 is 0. The minimum absolute atomic E-state index is 0.0152. The first-order chi connectivity index (χ1) is 9.02. The highest BCUT2D eigenvalue weighted by Crippen LogP contribution is 2.30. The normalized spacial score (nSPS) is 24.7. The fraction of sp³-hybridized carbons (Fsp3) is 0.867. The topological polar surface area (TPSA) is 66.4 Å². The van der Waals surface area contributed by atoms with Crippen LogP contribution in [-0.4, -0.2) is 23.5 Å². The zero-order valence-electron chi connectivity index (χ0n) is 12.2. The smallest absolute Gasteiger partial charge is 0.308 e. The van der Waals surface area contributed by atoms with Gasteiger partial charge < -0.3 is 10.4 Å². The Kier molecular flexibility index (Phi) is 6.89. The van der Waals surface area contributed by atoms with Gasteiger partial charge in [-0.25, -0.2) is 0 Å². The molecule has 0 saturated heterocycles. The summed E-state index contributed by atoms with van der Waals surface area (Å²) in [6.45, 7) is 4.47. The molecule has 3 atom stereocenters. The number of carbonyl (C=O) groups excluding carboxylic acids is 1. The van der Waals surface area contributed by atoms with E-state index in [1.54, 1.807) is 0 Å². The van der Waals surface area contributed by atoms with E-state index in [0.29, 0.717) is 18.8 Å². The van der Waals surface area contributed by atoms with Gasteiger partial charge in [-0.05, 0) is 31.1 Å². The van der Waals surface area contributed by atoms with Crippen LogP contribution in [0.3, 0.4) is 0 Å². The molecule has 1 rings (SSSR count). The Hall–Kier alpha value is -1.06. The van der Waals surface area contributed by atoms with Crippen molar-refractivity contribution in [2.75, 3.05) is 6.54 Å². The van der Waals surface area contributed by atoms with Crippen molar-refractivity contribution in [1.29, 1.82) is 0 Å². The van der Waals surface area contributed by atoms with E-state index in [1.807, 2.05) is 6.92 Å². The van der Waals surface area contributed by atoms with Gasteiger partial charge in [0.2, 0.25) is 5.91 Å². The van der Waals surface area contributed by atoms with Crippen LogP contribution in [0.2, 0.25) is 0 Å². The van der Waals surface area contributed by atoms with Crippen molar-refractivity contribution in [2.45, 2.75) is 58.8 Å². The number of aliphatic carboxylic acids is 1. The van der Waals surface area contributed by atoms with E-state index in [2.05, 4.69) is 12.2 Å². The van der Waals surface area contributed by atoms with Gasteiger partial charge in [0.1, 0.15) is 0 Å². The highest BCUT2D eigenvalue weighted by molar-refractivity contribution is 5.77. The molecule has 110 valence electrons. The second kappa shape index (κ2) is 8.18. The number of nitrogens with one attached hydrogen (secondary N) is 1. The lowest BCUT2D eigenvalue weighted by Gasteiger charge is -2.26. The fourth-order valence-electron chi connectivity index (χ4n) is 2.98. The Morgan fingerprint density at radius 2 is 2.11 bits per heavy atom. The van der Waals surface area contributed by atoms with Crippen molar-refractivity contribution >= 4 is 11.9 Å². The van der Waals surface area contributed by atoms with Crippen LogP contribution < -0.4 is 5.32 Å². The number of hydrogen-bond donors (Lipinski definition) is 2. The molecule has 0 bridgehead atoms. The van der Waals surface area contributed by atoms with Gasteiger partial charge in [-0.1, -0.05) is 33.1 Å². The quantitative estimate of drug-likeness (QED) is 0.747. The Bertz CT molecular complexity index is 304. The lowest BCUT2D eigenvalue weighted by Crippen LogP contribution is -2.34. The van der Waals surface area contributed by atoms with Gasteiger partial charge in [0.25, 0.3) is 0 Å². The lowest BCUT2D eigenvalue weighted by atomic mass is 9.81. The molecule has 1 amide bonds. The summed E-state index contributed by atoms with van der Waals surface area (Å²) in [5.41, 5.74) is 0. The maximum atomic E-state index is 11.8. The SMILES string of the molecule is CCCC(CNC(=O)CC1CCCC(C)C1)C(=O)O. The first-order valence-electron chi connectivity index (χ1n) is 7.52. The van der Waals surface area contributed by atoms with Crippen molar-refractivity contribution in [3.8, 4) is 0 Å². The molecule has 1 aliphatic carbocycles. The third kappa shape index (κ3) is 6.08. The predicted molar refractivity (Wildman–Crippen MR) is 74.8 cm³/mol. The Labute approximate surface area is 116 Å². The van der Waals surface area contributed by atoms with E-state index in [9.17, 15) is 9.59 Å². The van der Waals surface area contributed by atoms with Crippen LogP contribution >= 0.6 is 0 Å². The summed E-state index contributed by atoms with van der Waals surface area (Å²) in [6.07, 6.45) is 6.76. The molecule has 2 N–H and O–H groups in total. The minimum Gasteiger partial charge on any atom is -0.481 e. The van der Waals surface area contributed by atoms with Gasteiger partial charge in [0, 0.05) is 13.0 Å². The van der Waals surface area contributed by atoms with Gasteiger partial charge in [-0.3, -0.25) is 9.59 Å². The van der Waals surface area contributed by atoms with E-state index in [4.69, 9.17) is 5.11 Å². The fourth-order valence-corrected chi connectivity index (χ4v) is 2.98.